The maximum Gasteiger partial charge on any atom is 0.223 e. The number of benzene rings is 2. The van der Waals surface area contributed by atoms with E-state index < -0.39 is 10.0 Å². The number of sulfonamides is 1. The lowest BCUT2D eigenvalue weighted by atomic mass is 9.95. The van der Waals surface area contributed by atoms with Crippen molar-refractivity contribution < 1.29 is 13.2 Å². The number of rotatable bonds is 6. The van der Waals surface area contributed by atoms with Crippen LogP contribution in [0.25, 0.3) is 0 Å². The van der Waals surface area contributed by atoms with Crippen molar-refractivity contribution in [1.29, 1.82) is 0 Å². The van der Waals surface area contributed by atoms with Crippen molar-refractivity contribution >= 4 is 15.9 Å². The summed E-state index contributed by atoms with van der Waals surface area (Å²) in [6.07, 6.45) is 1.11. The van der Waals surface area contributed by atoms with Crippen LogP contribution in [0.3, 0.4) is 0 Å². The second-order valence-corrected chi connectivity index (χ2v) is 10.5. The molecule has 30 heavy (non-hydrogen) atoms. The number of hydrogen-bond donors (Lipinski definition) is 1. The Kier molecular flexibility index (Phi) is 6.98. The SMILES string of the molecule is Cc1ccc(CS(=O)(=O)N2CCC(C(=O)NC(C)c3ccc(C)cc3C)CC2)cc1. The topological polar surface area (TPSA) is 66.5 Å². The molecule has 1 N–H and O–H groups in total. The molecule has 1 fully saturated rings. The first kappa shape index (κ1) is 22.5. The highest BCUT2D eigenvalue weighted by Gasteiger charge is 2.31. The van der Waals surface area contributed by atoms with Gasteiger partial charge >= 0.3 is 0 Å². The lowest BCUT2D eigenvalue weighted by molar-refractivity contribution is -0.126. The zero-order chi connectivity index (χ0) is 21.9. The van der Waals surface area contributed by atoms with Crippen LogP contribution in [0.2, 0.25) is 0 Å². The van der Waals surface area contributed by atoms with E-state index in [-0.39, 0.29) is 23.6 Å². The lowest BCUT2D eigenvalue weighted by Crippen LogP contribution is -2.43. The standard InChI is InChI=1S/C24H32N2O3S/c1-17-5-8-21(9-6-17)16-30(28,29)26-13-11-22(12-14-26)24(27)25-20(4)23-10-7-18(2)15-19(23)3/h5-10,15,20,22H,11-14,16H2,1-4H3,(H,25,27). The fraction of sp³-hybridized carbons (Fsp3) is 0.458. The van der Waals surface area contributed by atoms with Gasteiger partial charge in [0.15, 0.2) is 0 Å². The van der Waals surface area contributed by atoms with E-state index in [1.807, 2.05) is 38.1 Å². The van der Waals surface area contributed by atoms with Gasteiger partial charge < -0.3 is 5.32 Å². The van der Waals surface area contributed by atoms with Crippen LogP contribution in [0.4, 0.5) is 0 Å². The van der Waals surface area contributed by atoms with Crippen molar-refractivity contribution in [1.82, 2.24) is 9.62 Å². The minimum atomic E-state index is -3.37. The summed E-state index contributed by atoms with van der Waals surface area (Å²) in [6, 6.07) is 13.8. The Morgan fingerprint density at radius 1 is 1.03 bits per heavy atom. The lowest BCUT2D eigenvalue weighted by Gasteiger charge is -2.31. The molecule has 0 saturated carbocycles. The van der Waals surface area contributed by atoms with Gasteiger partial charge in [0.25, 0.3) is 0 Å². The van der Waals surface area contributed by atoms with E-state index in [1.165, 1.54) is 15.4 Å². The zero-order valence-electron chi connectivity index (χ0n) is 18.3. The highest BCUT2D eigenvalue weighted by Crippen LogP contribution is 2.24. The molecule has 1 atom stereocenters. The van der Waals surface area contributed by atoms with Gasteiger partial charge in [-0.05, 0) is 57.2 Å². The number of amides is 1. The maximum atomic E-state index is 12.8. The number of nitrogens with zero attached hydrogens (tertiary/aromatic N) is 1. The fourth-order valence-corrected chi connectivity index (χ4v) is 5.67. The number of carbonyl (C=O) groups is 1. The molecule has 0 aliphatic carbocycles. The highest BCUT2D eigenvalue weighted by molar-refractivity contribution is 7.88. The molecule has 1 heterocycles. The Labute approximate surface area is 180 Å². The van der Waals surface area contributed by atoms with Crippen molar-refractivity contribution in [3.8, 4) is 0 Å². The third kappa shape index (κ3) is 5.49. The molecule has 0 bridgehead atoms. The highest BCUT2D eigenvalue weighted by atomic mass is 32.2. The predicted molar refractivity (Wildman–Crippen MR) is 121 cm³/mol. The monoisotopic (exact) mass is 428 g/mol. The Bertz CT molecular complexity index is 992. The first-order valence-corrected chi connectivity index (χ1v) is 12.2. The molecule has 0 radical (unpaired) electrons. The minimum absolute atomic E-state index is 0.00782. The summed E-state index contributed by atoms with van der Waals surface area (Å²) < 4.78 is 27.1. The van der Waals surface area contributed by atoms with Crippen LogP contribution in [0.5, 0.6) is 0 Å². The quantitative estimate of drug-likeness (QED) is 0.755. The summed E-state index contributed by atoms with van der Waals surface area (Å²) in [6.45, 7) is 8.88. The summed E-state index contributed by atoms with van der Waals surface area (Å²) >= 11 is 0. The summed E-state index contributed by atoms with van der Waals surface area (Å²) in [5.74, 6) is -0.129. The van der Waals surface area contributed by atoms with Crippen LogP contribution in [-0.2, 0) is 20.6 Å². The molecule has 0 aromatic heterocycles. The predicted octanol–water partition coefficient (Wildman–Crippen LogP) is 4.03. The smallest absolute Gasteiger partial charge is 0.223 e. The van der Waals surface area contributed by atoms with Gasteiger partial charge in [-0.15, -0.1) is 0 Å². The zero-order valence-corrected chi connectivity index (χ0v) is 19.1. The normalized spacial score (nSPS) is 16.9. The molecule has 1 saturated heterocycles. The molecular formula is C24H32N2O3S. The Balaban J connectivity index is 1.55. The molecule has 162 valence electrons. The van der Waals surface area contributed by atoms with Gasteiger partial charge in [0.2, 0.25) is 15.9 Å². The van der Waals surface area contributed by atoms with Gasteiger partial charge in [-0.25, -0.2) is 12.7 Å². The summed E-state index contributed by atoms with van der Waals surface area (Å²) in [4.78, 5) is 12.8. The molecule has 1 aliphatic heterocycles. The van der Waals surface area contributed by atoms with Crippen molar-refractivity contribution in [3.05, 3.63) is 70.3 Å². The number of piperidine rings is 1. The molecule has 1 amide bonds. The van der Waals surface area contributed by atoms with E-state index in [4.69, 9.17) is 0 Å². The van der Waals surface area contributed by atoms with E-state index in [2.05, 4.69) is 37.4 Å². The van der Waals surface area contributed by atoms with Crippen molar-refractivity contribution in [2.45, 2.75) is 52.3 Å². The van der Waals surface area contributed by atoms with Gasteiger partial charge in [-0.2, -0.15) is 0 Å². The maximum absolute atomic E-state index is 12.8. The molecule has 5 nitrogen and oxygen atoms in total. The van der Waals surface area contributed by atoms with Crippen molar-refractivity contribution in [2.24, 2.45) is 5.92 Å². The van der Waals surface area contributed by atoms with Gasteiger partial charge in [-0.1, -0.05) is 53.6 Å². The van der Waals surface area contributed by atoms with E-state index >= 15 is 0 Å². The molecule has 1 unspecified atom stereocenters. The molecule has 1 aliphatic rings. The van der Waals surface area contributed by atoms with Crippen molar-refractivity contribution in [3.63, 3.8) is 0 Å². The number of nitrogens with one attached hydrogen (secondary N) is 1. The number of carbonyl (C=O) groups excluding carboxylic acids is 1. The summed E-state index contributed by atoms with van der Waals surface area (Å²) in [7, 11) is -3.37. The Morgan fingerprint density at radius 3 is 2.23 bits per heavy atom. The Hall–Kier alpha value is -2.18. The third-order valence-electron chi connectivity index (χ3n) is 5.94. The van der Waals surface area contributed by atoms with Gasteiger partial charge in [0, 0.05) is 19.0 Å². The van der Waals surface area contributed by atoms with Gasteiger partial charge in [0.05, 0.1) is 11.8 Å². The van der Waals surface area contributed by atoms with Crippen molar-refractivity contribution in [2.75, 3.05) is 13.1 Å². The van der Waals surface area contributed by atoms with Gasteiger partial charge in [-0.3, -0.25) is 4.79 Å². The molecule has 3 rings (SSSR count). The van der Waals surface area contributed by atoms with Crippen LogP contribution in [0.1, 0.15) is 53.6 Å². The fourth-order valence-electron chi connectivity index (χ4n) is 4.10. The number of hydrogen-bond acceptors (Lipinski definition) is 3. The molecular weight excluding hydrogens is 396 g/mol. The average Bonchev–Trinajstić information content (AvgIpc) is 2.69. The first-order chi connectivity index (χ1) is 14.2. The van der Waals surface area contributed by atoms with E-state index in [1.54, 1.807) is 0 Å². The summed E-state index contributed by atoms with van der Waals surface area (Å²) in [5, 5.41) is 3.12. The molecule has 2 aromatic rings. The van der Waals surface area contributed by atoms with Crippen LogP contribution < -0.4 is 5.32 Å². The average molecular weight is 429 g/mol. The molecule has 0 spiro atoms. The van der Waals surface area contributed by atoms with Crippen LogP contribution in [-0.4, -0.2) is 31.7 Å². The molecule has 6 heteroatoms. The van der Waals surface area contributed by atoms with E-state index in [0.29, 0.717) is 25.9 Å². The van der Waals surface area contributed by atoms with Crippen LogP contribution in [0, 0.1) is 26.7 Å². The summed E-state index contributed by atoms with van der Waals surface area (Å²) in [5.41, 5.74) is 5.39. The third-order valence-corrected chi connectivity index (χ3v) is 7.79. The van der Waals surface area contributed by atoms with Gasteiger partial charge in [0.1, 0.15) is 0 Å². The second-order valence-electron chi connectivity index (χ2n) is 8.51. The number of aryl methyl sites for hydroxylation is 3. The first-order valence-electron chi connectivity index (χ1n) is 10.6. The van der Waals surface area contributed by atoms with Crippen LogP contribution >= 0.6 is 0 Å². The Morgan fingerprint density at radius 2 is 1.63 bits per heavy atom. The molecule has 2 aromatic carbocycles. The van der Waals surface area contributed by atoms with E-state index in [0.717, 1.165) is 16.7 Å². The van der Waals surface area contributed by atoms with E-state index in [9.17, 15) is 13.2 Å². The van der Waals surface area contributed by atoms with Crippen LogP contribution in [0.15, 0.2) is 42.5 Å². The minimum Gasteiger partial charge on any atom is -0.349 e. The second kappa shape index (κ2) is 9.31. The largest absolute Gasteiger partial charge is 0.349 e.